The van der Waals surface area contributed by atoms with E-state index >= 15 is 0 Å². The van der Waals surface area contributed by atoms with Crippen LogP contribution in [0.2, 0.25) is 0 Å². The number of hydrogen-bond acceptors (Lipinski definition) is 7. The summed E-state index contributed by atoms with van der Waals surface area (Å²) in [5.74, 6) is -0.830. The van der Waals surface area contributed by atoms with Crippen LogP contribution in [0.25, 0.3) is 0 Å². The number of ether oxygens (including phenoxy) is 4. The number of hydrogen-bond donors (Lipinski definition) is 1. The molecule has 26 heavy (non-hydrogen) atoms. The van der Waals surface area contributed by atoms with Gasteiger partial charge in [0.2, 0.25) is 0 Å². The van der Waals surface area contributed by atoms with Crippen LogP contribution in [0.1, 0.15) is 40.5 Å². The van der Waals surface area contributed by atoms with Crippen molar-refractivity contribution in [2.75, 3.05) is 13.2 Å². The van der Waals surface area contributed by atoms with Crippen LogP contribution in [0.15, 0.2) is 11.6 Å². The Morgan fingerprint density at radius 3 is 2.62 bits per heavy atom. The first kappa shape index (κ1) is 17.9. The number of rotatable bonds is 3. The predicted molar refractivity (Wildman–Crippen MR) is 89.1 cm³/mol. The van der Waals surface area contributed by atoms with Crippen LogP contribution in [0.3, 0.4) is 0 Å². The summed E-state index contributed by atoms with van der Waals surface area (Å²) >= 11 is 0. The van der Waals surface area contributed by atoms with E-state index in [0.29, 0.717) is 13.0 Å². The number of carbonyl (C=O) groups excluding carboxylic acids is 2. The Hall–Kier alpha value is -1.44. The SMILES string of the molecule is [13CH3][13C](=O)O[13CH2][13C@]12[13CH2][13CH2][13C]([13CH3])=[13CH][13C@H]1O[13C@@H]1[13C@H](O)[13C@@H](O[13C]([13CH3])=O)[13C@@]2([13CH3])[13C@@]12[13CH2]O2. The molecule has 2 heterocycles. The number of aliphatic hydroxyl groups excluding tert-OH is 1. The normalized spacial score (nSPS) is 48.6. The van der Waals surface area contributed by atoms with E-state index in [9.17, 15) is 14.7 Å². The average Bonchev–Trinajstić information content (AvgIpc) is 3.34. The number of allylic oxidation sites excluding steroid dienone is 1. The zero-order chi connectivity index (χ0) is 18.9. The molecule has 7 atom stereocenters. The van der Waals surface area contributed by atoms with E-state index in [1.165, 1.54) is 19.4 Å². The van der Waals surface area contributed by atoms with Crippen molar-refractivity contribution in [1.82, 2.24) is 0 Å². The molecule has 2 bridgehead atoms. The Morgan fingerprint density at radius 2 is 2.04 bits per heavy atom. The van der Waals surface area contributed by atoms with Crippen molar-refractivity contribution in [2.24, 2.45) is 10.8 Å². The van der Waals surface area contributed by atoms with Crippen molar-refractivity contribution in [3.05, 3.63) is 11.6 Å². The number of epoxide rings is 1. The summed E-state index contributed by atoms with van der Waals surface area (Å²) < 4.78 is 23.3. The summed E-state index contributed by atoms with van der Waals surface area (Å²) in [5.41, 5.74) is -0.890. The van der Waals surface area contributed by atoms with Gasteiger partial charge in [-0.25, -0.2) is 0 Å². The summed E-state index contributed by atoms with van der Waals surface area (Å²) in [6.07, 6.45) is 0.896. The maximum Gasteiger partial charge on any atom is 0.303 e. The summed E-state index contributed by atoms with van der Waals surface area (Å²) in [4.78, 5) is 23.4. The first-order valence-corrected chi connectivity index (χ1v) is 9.13. The minimum absolute atomic E-state index is 0.135. The molecular weight excluding hydrogens is 359 g/mol. The molecule has 0 radical (unpaired) electrons. The standard InChI is InChI=1S/C19H26O7/c1-10-5-6-18(8-23-11(2)20)13(7-10)26-16-14(22)15(25-12(3)21)17(18,4)19(16)9-24-19/h7,13-16,22H,5-6,8-9H2,1-4H3/t13-,14-,15-,16-,17-,18-,19-/m1/s1/i1+1,2+1,3+1,4+1,5+1,6+1,7+1,8+1,9+1,10+1,11+1,12+1,13+1,14+1,15+1,16+1,17+1,18+1,19+1. The highest BCUT2D eigenvalue weighted by atomic mass is 16.9. The molecule has 2 aliphatic heterocycles. The van der Waals surface area contributed by atoms with Gasteiger partial charge in [0.25, 0.3) is 0 Å². The monoisotopic (exact) mass is 385 g/mol. The number of aliphatic hydroxyl groups is 1. The van der Waals surface area contributed by atoms with Gasteiger partial charge in [-0.15, -0.1) is 0 Å². The van der Waals surface area contributed by atoms with Gasteiger partial charge in [-0.05, 0) is 19.8 Å². The molecule has 2 saturated heterocycles. The van der Waals surface area contributed by atoms with Gasteiger partial charge in [-0.2, -0.15) is 0 Å². The van der Waals surface area contributed by atoms with Crippen LogP contribution >= 0.6 is 0 Å². The molecule has 0 aromatic carbocycles. The van der Waals surface area contributed by atoms with Crippen molar-refractivity contribution in [1.29, 1.82) is 0 Å². The van der Waals surface area contributed by atoms with Gasteiger partial charge in [0.15, 0.2) is 0 Å². The van der Waals surface area contributed by atoms with Crippen molar-refractivity contribution < 1.29 is 33.6 Å². The maximum atomic E-state index is 11.8. The van der Waals surface area contributed by atoms with Crippen LogP contribution in [0.4, 0.5) is 0 Å². The van der Waals surface area contributed by atoms with E-state index in [-0.39, 0.29) is 18.7 Å². The molecule has 1 saturated carbocycles. The van der Waals surface area contributed by atoms with Crippen molar-refractivity contribution in [2.45, 2.75) is 70.6 Å². The van der Waals surface area contributed by atoms with Gasteiger partial charge < -0.3 is 24.1 Å². The Bertz CT molecular complexity index is 681. The fourth-order valence-electron chi connectivity index (χ4n) is 5.60. The van der Waals surface area contributed by atoms with Crippen LogP contribution in [0.5, 0.6) is 0 Å². The zero-order valence-electron chi connectivity index (χ0n) is 15.6. The van der Waals surface area contributed by atoms with E-state index in [4.69, 9.17) is 18.9 Å². The molecule has 7 heteroatoms. The van der Waals surface area contributed by atoms with Crippen LogP contribution in [0, 0.1) is 10.8 Å². The lowest BCUT2D eigenvalue weighted by atomic mass is 10.5. The van der Waals surface area contributed by atoms with Crippen LogP contribution in [-0.4, -0.2) is 60.3 Å². The van der Waals surface area contributed by atoms with Crippen molar-refractivity contribution in [3.63, 3.8) is 0 Å². The Labute approximate surface area is 152 Å². The second kappa shape index (κ2) is 5.53. The number of esters is 2. The van der Waals surface area contributed by atoms with E-state index in [1.54, 1.807) is 0 Å². The van der Waals surface area contributed by atoms with Gasteiger partial charge >= 0.3 is 11.9 Å². The Balaban J connectivity index is 1.86. The van der Waals surface area contributed by atoms with Gasteiger partial charge in [0.05, 0.1) is 18.1 Å². The minimum atomic E-state index is -0.986. The molecule has 7 nitrogen and oxygen atoms in total. The quantitative estimate of drug-likeness (QED) is 0.337. The molecule has 1 N–H and O–H groups in total. The second-order valence-corrected chi connectivity index (χ2v) is 8.33. The summed E-state index contributed by atoms with van der Waals surface area (Å²) in [6.45, 7) is 7.31. The number of carbonyl (C=O) groups is 2. The highest BCUT2D eigenvalue weighted by Crippen LogP contribution is 2.72. The van der Waals surface area contributed by atoms with E-state index < -0.39 is 40.7 Å². The fraction of sp³-hybridized carbons (Fsp3) is 0.789. The molecule has 4 rings (SSSR count). The average molecular weight is 385 g/mol. The van der Waals surface area contributed by atoms with Gasteiger partial charge in [0, 0.05) is 19.3 Å². The van der Waals surface area contributed by atoms with E-state index in [2.05, 4.69) is 6.08 Å². The van der Waals surface area contributed by atoms with Gasteiger partial charge in [-0.3, -0.25) is 9.59 Å². The summed E-state index contributed by atoms with van der Waals surface area (Å²) in [5, 5.41) is 10.9. The van der Waals surface area contributed by atoms with Gasteiger partial charge in [-0.1, -0.05) is 18.6 Å². The minimum Gasteiger partial charge on any atom is -0.465 e. The van der Waals surface area contributed by atoms with Crippen molar-refractivity contribution >= 4 is 11.9 Å². The third-order valence-electron chi connectivity index (χ3n) is 7.08. The third kappa shape index (κ3) is 2.05. The second-order valence-electron chi connectivity index (χ2n) is 8.33. The van der Waals surface area contributed by atoms with E-state index in [0.717, 1.165) is 6.42 Å². The van der Waals surface area contributed by atoms with Crippen LogP contribution < -0.4 is 0 Å². The molecule has 0 amide bonds. The molecule has 0 unspecified atom stereocenters. The van der Waals surface area contributed by atoms with Gasteiger partial charge in [0.1, 0.15) is 30.5 Å². The first-order valence-electron chi connectivity index (χ1n) is 9.13. The highest BCUT2D eigenvalue weighted by molar-refractivity contribution is 5.67. The fourth-order valence-corrected chi connectivity index (χ4v) is 5.60. The summed E-state index contributed by atoms with van der Waals surface area (Å²) in [7, 11) is 0. The molecule has 0 aromatic heterocycles. The third-order valence-corrected chi connectivity index (χ3v) is 7.08. The number of fused-ring (bicyclic) bond motifs is 2. The Morgan fingerprint density at radius 1 is 1.35 bits per heavy atom. The molecule has 144 valence electrons. The lowest BCUT2D eigenvalue weighted by molar-refractivity contribution is -0.233. The van der Waals surface area contributed by atoms with Crippen molar-refractivity contribution in [3.8, 4) is 0 Å². The molecule has 0 aromatic rings. The van der Waals surface area contributed by atoms with E-state index in [1.807, 2.05) is 13.8 Å². The smallest absolute Gasteiger partial charge is 0.303 e. The largest absolute Gasteiger partial charge is 0.465 e. The lowest BCUT2D eigenvalue weighted by Crippen LogP contribution is -2.66. The Kier molecular flexibility index (Phi) is 3.82. The first-order chi connectivity index (χ1) is 12.2. The molecule has 3 fully saturated rings. The molecular formula is C19H26O7. The zero-order valence-corrected chi connectivity index (χ0v) is 15.6. The molecule has 4 aliphatic rings. The molecule has 2 aliphatic carbocycles. The lowest BCUT2D eigenvalue weighted by Gasteiger charge is -2.58. The molecule has 1 spiro atoms. The van der Waals surface area contributed by atoms with Crippen LogP contribution in [-0.2, 0) is 28.5 Å². The summed E-state index contributed by atoms with van der Waals surface area (Å²) in [6, 6.07) is 0. The topological polar surface area (TPSA) is 94.6 Å². The predicted octanol–water partition coefficient (Wildman–Crippen LogP) is 1.12. The highest BCUT2D eigenvalue weighted by Gasteiger charge is 2.85. The maximum absolute atomic E-state index is 11.8.